The molecule has 144 valence electrons. The molecule has 2 N–H and O–H groups in total. The lowest BCUT2D eigenvalue weighted by Gasteiger charge is -2.35. The number of guanidine groups is 1. The molecule has 2 atom stereocenters. The number of morpholine rings is 1. The Hall–Kier alpha value is -0.950. The highest BCUT2D eigenvalue weighted by Gasteiger charge is 2.24. The number of nitrogens with zero attached hydrogens (tertiary/aromatic N) is 2. The van der Waals surface area contributed by atoms with E-state index in [-0.39, 0.29) is 6.04 Å². The average molecular weight is 397 g/mol. The number of hydrogen-bond acceptors (Lipinski definition) is 4. The summed E-state index contributed by atoms with van der Waals surface area (Å²) in [5, 5.41) is 8.50. The summed E-state index contributed by atoms with van der Waals surface area (Å²) in [6.07, 6.45) is 2.62. The highest BCUT2D eigenvalue weighted by Crippen LogP contribution is 2.28. The Bertz CT molecular complexity index is 589. The van der Waals surface area contributed by atoms with Gasteiger partial charge < -0.3 is 15.4 Å². The molecule has 0 radical (unpaired) electrons. The molecule has 0 amide bonds. The number of hydrogen-bond donors (Lipinski definition) is 2. The van der Waals surface area contributed by atoms with Gasteiger partial charge in [0.05, 0.1) is 19.3 Å². The molecule has 0 spiro atoms. The van der Waals surface area contributed by atoms with Crippen LogP contribution >= 0.6 is 23.4 Å². The molecular formula is C19H29ClN4OS. The normalized spacial score (nSPS) is 23.0. The number of aliphatic imine (C=N–C) groups is 1. The van der Waals surface area contributed by atoms with E-state index < -0.39 is 0 Å². The Morgan fingerprint density at radius 1 is 1.35 bits per heavy atom. The molecule has 0 aliphatic carbocycles. The highest BCUT2D eigenvalue weighted by molar-refractivity contribution is 8.00. The van der Waals surface area contributed by atoms with Crippen molar-refractivity contribution in [2.45, 2.75) is 24.1 Å². The van der Waals surface area contributed by atoms with Crippen molar-refractivity contribution in [3.8, 4) is 0 Å². The van der Waals surface area contributed by atoms with Crippen LogP contribution in [0.3, 0.4) is 0 Å². The van der Waals surface area contributed by atoms with Crippen LogP contribution in [0.25, 0.3) is 0 Å². The molecule has 0 saturated carbocycles. The van der Waals surface area contributed by atoms with Crippen LogP contribution in [0, 0.1) is 0 Å². The van der Waals surface area contributed by atoms with E-state index in [1.165, 1.54) is 18.6 Å². The molecule has 1 aromatic carbocycles. The number of nitrogens with one attached hydrogen (secondary N) is 2. The van der Waals surface area contributed by atoms with E-state index in [1.54, 1.807) is 0 Å². The lowest BCUT2D eigenvalue weighted by Crippen LogP contribution is -2.47. The maximum absolute atomic E-state index is 6.50. The van der Waals surface area contributed by atoms with Crippen molar-refractivity contribution >= 4 is 29.3 Å². The van der Waals surface area contributed by atoms with Gasteiger partial charge in [0.25, 0.3) is 0 Å². The van der Waals surface area contributed by atoms with Gasteiger partial charge in [0.1, 0.15) is 0 Å². The zero-order valence-electron chi connectivity index (χ0n) is 15.4. The summed E-state index contributed by atoms with van der Waals surface area (Å²) >= 11 is 8.56. The van der Waals surface area contributed by atoms with E-state index in [1.807, 2.05) is 19.2 Å². The van der Waals surface area contributed by atoms with Crippen LogP contribution in [-0.4, -0.2) is 68.3 Å². The number of rotatable bonds is 6. The second kappa shape index (κ2) is 10.4. The van der Waals surface area contributed by atoms with Crippen LogP contribution < -0.4 is 10.6 Å². The van der Waals surface area contributed by atoms with Crippen molar-refractivity contribution in [2.75, 3.05) is 52.2 Å². The summed E-state index contributed by atoms with van der Waals surface area (Å²) in [6.45, 7) is 5.12. The predicted octanol–water partition coefficient (Wildman–Crippen LogP) is 2.77. The van der Waals surface area contributed by atoms with Gasteiger partial charge in [-0.2, -0.15) is 11.8 Å². The fourth-order valence-electron chi connectivity index (χ4n) is 3.50. The summed E-state index contributed by atoms with van der Waals surface area (Å²) in [5.74, 6) is 2.15. The first-order valence-electron chi connectivity index (χ1n) is 9.40. The van der Waals surface area contributed by atoms with Crippen LogP contribution in [0.1, 0.15) is 24.4 Å². The standard InChI is InChI=1S/C19H29ClN4OS/c1-21-19(22-13-15-5-4-12-26-15)23-14-18(24-8-10-25-11-9-24)16-6-2-3-7-17(16)20/h2-3,6-7,15,18H,4-5,8-14H2,1H3,(H2,21,22,23). The van der Waals surface area contributed by atoms with E-state index in [2.05, 4.69) is 44.4 Å². The highest BCUT2D eigenvalue weighted by atomic mass is 35.5. The fraction of sp³-hybridized carbons (Fsp3) is 0.632. The van der Waals surface area contributed by atoms with Crippen LogP contribution in [-0.2, 0) is 4.74 Å². The van der Waals surface area contributed by atoms with Crippen LogP contribution in [0.15, 0.2) is 29.3 Å². The zero-order valence-corrected chi connectivity index (χ0v) is 17.0. The van der Waals surface area contributed by atoms with Crippen molar-refractivity contribution in [3.05, 3.63) is 34.9 Å². The molecule has 5 nitrogen and oxygen atoms in total. The molecule has 2 unspecified atom stereocenters. The molecule has 0 aromatic heterocycles. The van der Waals surface area contributed by atoms with E-state index in [9.17, 15) is 0 Å². The van der Waals surface area contributed by atoms with Crippen molar-refractivity contribution in [1.29, 1.82) is 0 Å². The second-order valence-electron chi connectivity index (χ2n) is 6.65. The quantitative estimate of drug-likeness (QED) is 0.572. The minimum absolute atomic E-state index is 0.201. The van der Waals surface area contributed by atoms with E-state index >= 15 is 0 Å². The van der Waals surface area contributed by atoms with Crippen molar-refractivity contribution in [1.82, 2.24) is 15.5 Å². The summed E-state index contributed by atoms with van der Waals surface area (Å²) in [6, 6.07) is 8.32. The Balaban J connectivity index is 1.61. The largest absolute Gasteiger partial charge is 0.379 e. The lowest BCUT2D eigenvalue weighted by molar-refractivity contribution is 0.0170. The van der Waals surface area contributed by atoms with Gasteiger partial charge in [-0.05, 0) is 30.2 Å². The molecule has 3 rings (SSSR count). The van der Waals surface area contributed by atoms with Gasteiger partial charge in [-0.3, -0.25) is 9.89 Å². The molecular weight excluding hydrogens is 368 g/mol. The Kier molecular flexibility index (Phi) is 7.92. The van der Waals surface area contributed by atoms with Crippen LogP contribution in [0.2, 0.25) is 5.02 Å². The zero-order chi connectivity index (χ0) is 18.2. The van der Waals surface area contributed by atoms with Gasteiger partial charge in [0, 0.05) is 43.5 Å². The van der Waals surface area contributed by atoms with Crippen LogP contribution in [0.4, 0.5) is 0 Å². The molecule has 7 heteroatoms. The maximum Gasteiger partial charge on any atom is 0.191 e. The van der Waals surface area contributed by atoms with E-state index in [0.29, 0.717) is 5.25 Å². The minimum atomic E-state index is 0.201. The molecule has 26 heavy (non-hydrogen) atoms. The third-order valence-corrected chi connectivity index (χ3v) is 6.70. The van der Waals surface area contributed by atoms with Gasteiger partial charge in [-0.1, -0.05) is 29.8 Å². The number of ether oxygens (including phenoxy) is 1. The molecule has 2 saturated heterocycles. The molecule has 0 bridgehead atoms. The molecule has 2 aliphatic rings. The second-order valence-corrected chi connectivity index (χ2v) is 8.47. The third kappa shape index (κ3) is 5.52. The maximum atomic E-state index is 6.50. The van der Waals surface area contributed by atoms with E-state index in [4.69, 9.17) is 16.3 Å². The molecule has 1 aromatic rings. The first kappa shape index (κ1) is 19.8. The summed E-state index contributed by atoms with van der Waals surface area (Å²) in [5.41, 5.74) is 1.16. The van der Waals surface area contributed by atoms with Crippen molar-refractivity contribution in [3.63, 3.8) is 0 Å². The Morgan fingerprint density at radius 3 is 2.85 bits per heavy atom. The van der Waals surface area contributed by atoms with Gasteiger partial charge in [0.2, 0.25) is 0 Å². The number of thioether (sulfide) groups is 1. The Morgan fingerprint density at radius 2 is 2.15 bits per heavy atom. The third-order valence-electron chi connectivity index (χ3n) is 4.96. The van der Waals surface area contributed by atoms with Gasteiger partial charge >= 0.3 is 0 Å². The average Bonchev–Trinajstić information content (AvgIpc) is 3.20. The molecule has 2 heterocycles. The first-order valence-corrected chi connectivity index (χ1v) is 10.8. The smallest absolute Gasteiger partial charge is 0.191 e. The predicted molar refractivity (Wildman–Crippen MR) is 111 cm³/mol. The SMILES string of the molecule is CN=C(NCC1CCCS1)NCC(c1ccccc1Cl)N1CCOCC1. The summed E-state index contributed by atoms with van der Waals surface area (Å²) < 4.78 is 5.52. The van der Waals surface area contributed by atoms with Crippen molar-refractivity contribution in [2.24, 2.45) is 4.99 Å². The number of halogens is 1. The topological polar surface area (TPSA) is 48.9 Å². The van der Waals surface area contributed by atoms with Crippen molar-refractivity contribution < 1.29 is 4.74 Å². The summed E-state index contributed by atoms with van der Waals surface area (Å²) in [7, 11) is 1.83. The lowest BCUT2D eigenvalue weighted by atomic mass is 10.0. The Labute approximate surface area is 165 Å². The monoisotopic (exact) mass is 396 g/mol. The van der Waals surface area contributed by atoms with Gasteiger partial charge in [0.15, 0.2) is 5.96 Å². The van der Waals surface area contributed by atoms with E-state index in [0.717, 1.165) is 55.9 Å². The summed E-state index contributed by atoms with van der Waals surface area (Å²) in [4.78, 5) is 6.83. The molecule has 2 fully saturated rings. The van der Waals surface area contributed by atoms with Crippen LogP contribution in [0.5, 0.6) is 0 Å². The fourth-order valence-corrected chi connectivity index (χ4v) is 4.96. The van der Waals surface area contributed by atoms with Gasteiger partial charge in [-0.15, -0.1) is 0 Å². The number of benzene rings is 1. The van der Waals surface area contributed by atoms with Gasteiger partial charge in [-0.25, -0.2) is 0 Å². The molecule has 2 aliphatic heterocycles. The minimum Gasteiger partial charge on any atom is -0.379 e. The first-order chi connectivity index (χ1) is 12.8.